The highest BCUT2D eigenvalue weighted by molar-refractivity contribution is 7.99. The summed E-state index contributed by atoms with van der Waals surface area (Å²) in [5, 5.41) is 12.3. The Balaban J connectivity index is 1.44. The van der Waals surface area contributed by atoms with E-state index in [0.29, 0.717) is 33.8 Å². The van der Waals surface area contributed by atoms with Gasteiger partial charge in [0.05, 0.1) is 12.9 Å². The molecule has 37 heavy (non-hydrogen) atoms. The largest absolute Gasteiger partial charge is 0.486 e. The van der Waals surface area contributed by atoms with Gasteiger partial charge in [-0.05, 0) is 43.7 Å². The molecule has 0 unspecified atom stereocenters. The van der Waals surface area contributed by atoms with Crippen LogP contribution >= 0.6 is 23.1 Å². The molecule has 2 aromatic carbocycles. The molecule has 0 atom stereocenters. The molecule has 1 N–H and O–H groups in total. The van der Waals surface area contributed by atoms with Crippen LogP contribution in [0.15, 0.2) is 59.8 Å². The maximum absolute atomic E-state index is 13.1. The van der Waals surface area contributed by atoms with Crippen molar-refractivity contribution >= 4 is 40.0 Å². The molecule has 0 bridgehead atoms. The summed E-state index contributed by atoms with van der Waals surface area (Å²) in [7, 11) is 1.32. The quantitative estimate of drug-likeness (QED) is 0.208. The van der Waals surface area contributed by atoms with Gasteiger partial charge in [0.1, 0.15) is 28.7 Å². The van der Waals surface area contributed by atoms with Gasteiger partial charge in [0.2, 0.25) is 5.91 Å². The minimum absolute atomic E-state index is 0.0647. The Bertz CT molecular complexity index is 1390. The Morgan fingerprint density at radius 2 is 1.84 bits per heavy atom. The van der Waals surface area contributed by atoms with Gasteiger partial charge in [0.25, 0.3) is 0 Å². The van der Waals surface area contributed by atoms with Gasteiger partial charge in [-0.3, -0.25) is 4.79 Å². The summed E-state index contributed by atoms with van der Waals surface area (Å²) in [6.07, 6.45) is 0. The average Bonchev–Trinajstić information content (AvgIpc) is 3.46. The number of aryl methyl sites for hydroxylation is 1. The second-order valence-electron chi connectivity index (χ2n) is 7.82. The number of hydrogen-bond acceptors (Lipinski definition) is 8. The van der Waals surface area contributed by atoms with Gasteiger partial charge in [-0.25, -0.2) is 9.18 Å². The van der Waals surface area contributed by atoms with E-state index in [9.17, 15) is 14.0 Å². The number of thioether (sulfide) groups is 1. The van der Waals surface area contributed by atoms with Crippen LogP contribution in [0, 0.1) is 12.7 Å². The van der Waals surface area contributed by atoms with Crippen LogP contribution in [0.3, 0.4) is 0 Å². The van der Waals surface area contributed by atoms with Gasteiger partial charge < -0.3 is 19.4 Å². The molecular weight excluding hydrogens is 515 g/mol. The first-order valence-corrected chi connectivity index (χ1v) is 13.2. The van der Waals surface area contributed by atoms with Crippen molar-refractivity contribution in [1.29, 1.82) is 0 Å². The number of ether oxygens (including phenoxy) is 2. The third kappa shape index (κ3) is 6.17. The first kappa shape index (κ1) is 26.4. The molecule has 11 heteroatoms. The smallest absolute Gasteiger partial charge is 0.341 e. The molecule has 4 rings (SSSR count). The lowest BCUT2D eigenvalue weighted by molar-refractivity contribution is -0.113. The van der Waals surface area contributed by atoms with E-state index in [-0.39, 0.29) is 24.1 Å². The topological polar surface area (TPSA) is 95.3 Å². The van der Waals surface area contributed by atoms with E-state index in [4.69, 9.17) is 9.47 Å². The number of methoxy groups -OCH3 is 1. The molecule has 8 nitrogen and oxygen atoms in total. The number of carbonyl (C=O) groups is 2. The summed E-state index contributed by atoms with van der Waals surface area (Å²) >= 11 is 2.56. The van der Waals surface area contributed by atoms with Crippen LogP contribution in [0.1, 0.15) is 28.0 Å². The Hall–Kier alpha value is -3.70. The van der Waals surface area contributed by atoms with E-state index in [0.717, 1.165) is 16.0 Å². The van der Waals surface area contributed by atoms with Gasteiger partial charge >= 0.3 is 5.97 Å². The first-order chi connectivity index (χ1) is 17.9. The molecule has 0 aliphatic carbocycles. The number of thiophene rings is 1. The summed E-state index contributed by atoms with van der Waals surface area (Å²) in [6, 6.07) is 15.2. The third-order valence-electron chi connectivity index (χ3n) is 5.41. The number of rotatable bonds is 10. The van der Waals surface area contributed by atoms with E-state index in [1.807, 2.05) is 48.7 Å². The Morgan fingerprint density at radius 1 is 1.11 bits per heavy atom. The van der Waals surface area contributed by atoms with Crippen LogP contribution in [0.25, 0.3) is 11.1 Å². The molecule has 0 fully saturated rings. The molecule has 0 saturated heterocycles. The monoisotopic (exact) mass is 540 g/mol. The molecule has 0 aliphatic rings. The van der Waals surface area contributed by atoms with Gasteiger partial charge in [-0.2, -0.15) is 0 Å². The molecule has 2 aromatic heterocycles. The lowest BCUT2D eigenvalue weighted by Gasteiger charge is -2.09. The van der Waals surface area contributed by atoms with Crippen LogP contribution in [0.5, 0.6) is 5.75 Å². The fourth-order valence-corrected chi connectivity index (χ4v) is 5.61. The number of nitrogens with one attached hydrogen (secondary N) is 1. The van der Waals surface area contributed by atoms with E-state index in [1.165, 1.54) is 42.3 Å². The van der Waals surface area contributed by atoms with Crippen molar-refractivity contribution in [2.75, 3.05) is 18.2 Å². The molecule has 0 radical (unpaired) electrons. The molecule has 0 aliphatic heterocycles. The summed E-state index contributed by atoms with van der Waals surface area (Å²) in [6.45, 7) is 4.58. The Kier molecular flexibility index (Phi) is 8.57. The number of nitrogens with zero attached hydrogens (tertiary/aromatic N) is 3. The predicted octanol–water partition coefficient (Wildman–Crippen LogP) is 5.57. The molecule has 0 saturated carbocycles. The van der Waals surface area contributed by atoms with Crippen LogP contribution in [0.2, 0.25) is 0 Å². The summed E-state index contributed by atoms with van der Waals surface area (Å²) < 4.78 is 25.6. The van der Waals surface area contributed by atoms with Crippen molar-refractivity contribution in [2.24, 2.45) is 0 Å². The number of anilines is 1. The number of hydrogen-bond donors (Lipinski definition) is 1. The number of esters is 1. The van der Waals surface area contributed by atoms with Crippen LogP contribution in [0.4, 0.5) is 9.39 Å². The average molecular weight is 541 g/mol. The van der Waals surface area contributed by atoms with Crippen LogP contribution in [-0.4, -0.2) is 39.5 Å². The van der Waals surface area contributed by atoms with Crippen LogP contribution in [-0.2, 0) is 22.7 Å². The molecule has 4 aromatic rings. The SMILES string of the molecule is CCn1c(COc2ccc(F)cc2)nnc1SCC(=O)Nc1sc(C)c(-c2ccccc2)c1C(=O)OC. The Labute approximate surface area is 221 Å². The summed E-state index contributed by atoms with van der Waals surface area (Å²) in [5.41, 5.74) is 1.96. The zero-order valence-corrected chi connectivity index (χ0v) is 22.1. The molecule has 0 spiro atoms. The van der Waals surface area contributed by atoms with Crippen molar-refractivity contribution in [3.05, 3.63) is 76.7 Å². The van der Waals surface area contributed by atoms with Crippen molar-refractivity contribution in [2.45, 2.75) is 32.2 Å². The van der Waals surface area contributed by atoms with Crippen molar-refractivity contribution in [1.82, 2.24) is 14.8 Å². The van der Waals surface area contributed by atoms with Gasteiger partial charge in [-0.15, -0.1) is 21.5 Å². The molecule has 1 amide bonds. The van der Waals surface area contributed by atoms with Crippen molar-refractivity contribution in [3.63, 3.8) is 0 Å². The maximum atomic E-state index is 13.1. The lowest BCUT2D eigenvalue weighted by atomic mass is 10.0. The number of carbonyl (C=O) groups excluding carboxylic acids is 2. The lowest BCUT2D eigenvalue weighted by Crippen LogP contribution is -2.16. The Morgan fingerprint density at radius 3 is 2.51 bits per heavy atom. The van der Waals surface area contributed by atoms with E-state index >= 15 is 0 Å². The molecule has 2 heterocycles. The normalized spacial score (nSPS) is 10.8. The van der Waals surface area contributed by atoms with Gasteiger partial charge in [0.15, 0.2) is 11.0 Å². The minimum atomic E-state index is -0.511. The van der Waals surface area contributed by atoms with E-state index < -0.39 is 5.97 Å². The van der Waals surface area contributed by atoms with Crippen molar-refractivity contribution in [3.8, 4) is 16.9 Å². The predicted molar refractivity (Wildman–Crippen MR) is 142 cm³/mol. The van der Waals surface area contributed by atoms with Crippen LogP contribution < -0.4 is 10.1 Å². The highest BCUT2D eigenvalue weighted by Gasteiger charge is 2.25. The zero-order valence-electron chi connectivity index (χ0n) is 20.5. The fourth-order valence-electron chi connectivity index (χ4n) is 3.70. The zero-order chi connectivity index (χ0) is 26.4. The number of halogens is 1. The highest BCUT2D eigenvalue weighted by atomic mass is 32.2. The van der Waals surface area contributed by atoms with Gasteiger partial charge in [0, 0.05) is 17.0 Å². The van der Waals surface area contributed by atoms with E-state index in [2.05, 4.69) is 15.5 Å². The second-order valence-corrected chi connectivity index (χ2v) is 9.98. The number of aromatic nitrogens is 3. The molecular formula is C26H25FN4O4S2. The maximum Gasteiger partial charge on any atom is 0.341 e. The number of benzene rings is 2. The van der Waals surface area contributed by atoms with Gasteiger partial charge in [-0.1, -0.05) is 42.1 Å². The fraction of sp³-hybridized carbons (Fsp3) is 0.231. The minimum Gasteiger partial charge on any atom is -0.486 e. The standard InChI is InChI=1S/C26H25FN4O4S2/c1-4-31-20(14-35-19-12-10-18(27)11-13-19)29-30-26(31)36-15-21(32)28-24-23(25(33)34-3)22(16(2)37-24)17-8-6-5-7-9-17/h5-13H,4,14-15H2,1-3H3,(H,28,32). The second kappa shape index (κ2) is 12.0. The number of amides is 1. The summed E-state index contributed by atoms with van der Waals surface area (Å²) in [5.74, 6) is 0.0318. The third-order valence-corrected chi connectivity index (χ3v) is 7.40. The highest BCUT2D eigenvalue weighted by Crippen LogP contribution is 2.40. The summed E-state index contributed by atoms with van der Waals surface area (Å²) in [4.78, 5) is 26.4. The van der Waals surface area contributed by atoms with Crippen molar-refractivity contribution < 1.29 is 23.5 Å². The van der Waals surface area contributed by atoms with E-state index in [1.54, 1.807) is 12.1 Å². The molecule has 192 valence electrons. The first-order valence-electron chi connectivity index (χ1n) is 11.4.